The molecule has 1 aromatic heterocycles. The molecule has 17 heavy (non-hydrogen) atoms. The number of furan rings is 1. The number of hydrogen-bond acceptors (Lipinski definition) is 4. The first-order valence-corrected chi connectivity index (χ1v) is 5.28. The summed E-state index contributed by atoms with van der Waals surface area (Å²) in [6.07, 6.45) is 1.81. The summed E-state index contributed by atoms with van der Waals surface area (Å²) < 4.78 is 15.3. The molecule has 0 bridgehead atoms. The van der Waals surface area contributed by atoms with Gasteiger partial charge in [0.15, 0.2) is 0 Å². The number of benzene rings is 1. The summed E-state index contributed by atoms with van der Waals surface area (Å²) in [6.45, 7) is 1.92. The van der Waals surface area contributed by atoms with Gasteiger partial charge < -0.3 is 13.9 Å². The second kappa shape index (κ2) is 4.49. The number of carbonyl (C=O) groups is 1. The molecule has 0 saturated heterocycles. The van der Waals surface area contributed by atoms with E-state index in [0.29, 0.717) is 0 Å². The topological polar surface area (TPSA) is 48.7 Å². The molecular formula is C13H14O4. The molecule has 0 aliphatic rings. The molecule has 0 aliphatic carbocycles. The largest absolute Gasteiger partial charge is 0.496 e. The minimum Gasteiger partial charge on any atom is -0.496 e. The third kappa shape index (κ3) is 1.98. The third-order valence-electron chi connectivity index (χ3n) is 2.80. The summed E-state index contributed by atoms with van der Waals surface area (Å²) in [5, 5.41) is 0.925. The van der Waals surface area contributed by atoms with Crippen molar-refractivity contribution >= 4 is 16.9 Å². The maximum atomic E-state index is 11.2. The van der Waals surface area contributed by atoms with Gasteiger partial charge in [-0.25, -0.2) is 0 Å². The summed E-state index contributed by atoms with van der Waals surface area (Å²) in [7, 11) is 2.99. The van der Waals surface area contributed by atoms with Crippen LogP contribution in [-0.2, 0) is 16.0 Å². The van der Waals surface area contributed by atoms with Gasteiger partial charge in [-0.2, -0.15) is 0 Å². The fraction of sp³-hybridized carbons (Fsp3) is 0.308. The van der Waals surface area contributed by atoms with Gasteiger partial charge >= 0.3 is 5.97 Å². The highest BCUT2D eigenvalue weighted by Crippen LogP contribution is 2.30. The number of aryl methyl sites for hydroxylation is 1. The molecule has 0 aliphatic heterocycles. The predicted molar refractivity (Wildman–Crippen MR) is 63.2 cm³/mol. The lowest BCUT2D eigenvalue weighted by molar-refractivity contribution is -0.139. The molecule has 1 aromatic carbocycles. The van der Waals surface area contributed by atoms with Crippen molar-refractivity contribution < 1.29 is 18.7 Å². The molecule has 0 spiro atoms. The van der Waals surface area contributed by atoms with E-state index in [-0.39, 0.29) is 12.4 Å². The van der Waals surface area contributed by atoms with Crippen LogP contribution in [0, 0.1) is 6.92 Å². The van der Waals surface area contributed by atoms with Crippen molar-refractivity contribution in [2.24, 2.45) is 0 Å². The molecule has 0 fully saturated rings. The Kier molecular flexibility index (Phi) is 3.04. The van der Waals surface area contributed by atoms with Crippen LogP contribution in [0.25, 0.3) is 11.0 Å². The van der Waals surface area contributed by atoms with Gasteiger partial charge in [0.05, 0.1) is 26.9 Å². The van der Waals surface area contributed by atoms with Gasteiger partial charge in [-0.1, -0.05) is 0 Å². The van der Waals surface area contributed by atoms with Crippen LogP contribution in [0.2, 0.25) is 0 Å². The number of ether oxygens (including phenoxy) is 2. The molecule has 4 heteroatoms. The van der Waals surface area contributed by atoms with E-state index in [4.69, 9.17) is 9.15 Å². The van der Waals surface area contributed by atoms with Gasteiger partial charge in [0, 0.05) is 16.5 Å². The Balaban J connectivity index is 2.48. The first-order valence-electron chi connectivity index (χ1n) is 5.28. The Hall–Kier alpha value is -1.97. The highest BCUT2D eigenvalue weighted by molar-refractivity contribution is 5.88. The van der Waals surface area contributed by atoms with Crippen LogP contribution in [0.3, 0.4) is 0 Å². The van der Waals surface area contributed by atoms with Crippen molar-refractivity contribution in [2.45, 2.75) is 13.3 Å². The van der Waals surface area contributed by atoms with Crippen LogP contribution in [0.1, 0.15) is 11.1 Å². The Labute approximate surface area is 99.1 Å². The van der Waals surface area contributed by atoms with Crippen molar-refractivity contribution in [3.63, 3.8) is 0 Å². The minimum absolute atomic E-state index is 0.218. The Morgan fingerprint density at radius 2 is 2.12 bits per heavy atom. The highest BCUT2D eigenvalue weighted by atomic mass is 16.5. The quantitative estimate of drug-likeness (QED) is 0.765. The van der Waals surface area contributed by atoms with E-state index in [0.717, 1.165) is 27.8 Å². The molecule has 0 amide bonds. The van der Waals surface area contributed by atoms with E-state index >= 15 is 0 Å². The van der Waals surface area contributed by atoms with E-state index in [1.165, 1.54) is 7.11 Å². The van der Waals surface area contributed by atoms with Gasteiger partial charge in [-0.15, -0.1) is 0 Å². The summed E-state index contributed by atoms with van der Waals surface area (Å²) in [5.41, 5.74) is 2.52. The third-order valence-corrected chi connectivity index (χ3v) is 2.80. The van der Waals surface area contributed by atoms with E-state index in [2.05, 4.69) is 4.74 Å². The molecule has 0 atom stereocenters. The lowest BCUT2D eigenvalue weighted by Gasteiger charge is -2.04. The molecule has 90 valence electrons. The molecular weight excluding hydrogens is 220 g/mol. The number of carbonyl (C=O) groups excluding carboxylic acids is 1. The maximum Gasteiger partial charge on any atom is 0.310 e. The predicted octanol–water partition coefficient (Wildman–Crippen LogP) is 2.47. The summed E-state index contributed by atoms with van der Waals surface area (Å²) in [5.74, 6) is 0.498. The average Bonchev–Trinajstić information content (AvgIpc) is 2.74. The van der Waals surface area contributed by atoms with Crippen molar-refractivity contribution in [1.82, 2.24) is 0 Å². The number of esters is 1. The lowest BCUT2D eigenvalue weighted by Crippen LogP contribution is -2.03. The van der Waals surface area contributed by atoms with Crippen molar-refractivity contribution in [2.75, 3.05) is 14.2 Å². The SMILES string of the molecule is COC(=O)Cc1coc2c(C)c(OC)ccc12. The van der Waals surface area contributed by atoms with Gasteiger partial charge in [0.25, 0.3) is 0 Å². The van der Waals surface area contributed by atoms with Gasteiger partial charge in [-0.05, 0) is 19.1 Å². The zero-order valence-electron chi connectivity index (χ0n) is 10.1. The number of rotatable bonds is 3. The Morgan fingerprint density at radius 1 is 1.35 bits per heavy atom. The number of methoxy groups -OCH3 is 2. The molecule has 0 unspecified atom stereocenters. The molecule has 2 aromatic rings. The molecule has 1 heterocycles. The maximum absolute atomic E-state index is 11.2. The Morgan fingerprint density at radius 3 is 2.76 bits per heavy atom. The van der Waals surface area contributed by atoms with E-state index in [9.17, 15) is 4.79 Å². The van der Waals surface area contributed by atoms with Crippen LogP contribution < -0.4 is 4.74 Å². The van der Waals surface area contributed by atoms with Crippen LogP contribution in [0.15, 0.2) is 22.8 Å². The lowest BCUT2D eigenvalue weighted by atomic mass is 10.1. The van der Waals surface area contributed by atoms with E-state index < -0.39 is 0 Å². The summed E-state index contributed by atoms with van der Waals surface area (Å²) >= 11 is 0. The smallest absolute Gasteiger partial charge is 0.310 e. The molecule has 0 N–H and O–H groups in total. The Bertz CT molecular complexity index is 554. The molecule has 4 nitrogen and oxygen atoms in total. The van der Waals surface area contributed by atoms with Crippen LogP contribution >= 0.6 is 0 Å². The minimum atomic E-state index is -0.277. The standard InChI is InChI=1S/C13H14O4/c1-8-11(15-2)5-4-10-9(6-12(14)16-3)7-17-13(8)10/h4-5,7H,6H2,1-3H3. The highest BCUT2D eigenvalue weighted by Gasteiger charge is 2.14. The summed E-state index contributed by atoms with van der Waals surface area (Å²) in [6, 6.07) is 3.76. The first kappa shape index (κ1) is 11.5. The van der Waals surface area contributed by atoms with Crippen molar-refractivity contribution in [3.05, 3.63) is 29.5 Å². The fourth-order valence-electron chi connectivity index (χ4n) is 1.86. The van der Waals surface area contributed by atoms with Crippen LogP contribution in [0.4, 0.5) is 0 Å². The van der Waals surface area contributed by atoms with Gasteiger partial charge in [0.1, 0.15) is 11.3 Å². The zero-order valence-corrected chi connectivity index (χ0v) is 10.1. The zero-order chi connectivity index (χ0) is 12.4. The normalized spacial score (nSPS) is 10.5. The average molecular weight is 234 g/mol. The van der Waals surface area contributed by atoms with E-state index in [1.807, 2.05) is 19.1 Å². The van der Waals surface area contributed by atoms with Gasteiger partial charge in [-0.3, -0.25) is 4.79 Å². The molecule has 0 radical (unpaired) electrons. The van der Waals surface area contributed by atoms with Crippen LogP contribution in [-0.4, -0.2) is 20.2 Å². The number of hydrogen-bond donors (Lipinski definition) is 0. The number of fused-ring (bicyclic) bond motifs is 1. The molecule has 2 rings (SSSR count). The first-order chi connectivity index (χ1) is 8.17. The molecule has 0 saturated carbocycles. The van der Waals surface area contributed by atoms with Gasteiger partial charge in [0.2, 0.25) is 0 Å². The second-order valence-corrected chi connectivity index (χ2v) is 3.78. The van der Waals surface area contributed by atoms with E-state index in [1.54, 1.807) is 13.4 Å². The second-order valence-electron chi connectivity index (χ2n) is 3.78. The van der Waals surface area contributed by atoms with Crippen molar-refractivity contribution in [3.8, 4) is 5.75 Å². The van der Waals surface area contributed by atoms with Crippen LogP contribution in [0.5, 0.6) is 5.75 Å². The van der Waals surface area contributed by atoms with Crippen molar-refractivity contribution in [1.29, 1.82) is 0 Å². The summed E-state index contributed by atoms with van der Waals surface area (Å²) in [4.78, 5) is 11.2. The monoisotopic (exact) mass is 234 g/mol. The fourth-order valence-corrected chi connectivity index (χ4v) is 1.86.